The number of alkyl halides is 3. The summed E-state index contributed by atoms with van der Waals surface area (Å²) in [5.74, 6) is -0.927. The number of imidazole rings is 1. The van der Waals surface area contributed by atoms with Crippen molar-refractivity contribution in [3.05, 3.63) is 34.2 Å². The molecule has 3 aliphatic rings. The lowest BCUT2D eigenvalue weighted by molar-refractivity contribution is -0.141. The molecule has 2 amide bonds. The minimum absolute atomic E-state index is 0.0500. The summed E-state index contributed by atoms with van der Waals surface area (Å²) < 4.78 is 42.3. The van der Waals surface area contributed by atoms with Crippen LogP contribution in [0.2, 0.25) is 5.15 Å². The second-order valence-corrected chi connectivity index (χ2v) is 9.49. The molecule has 3 heterocycles. The molecule has 0 spiro atoms. The van der Waals surface area contributed by atoms with Gasteiger partial charge >= 0.3 is 6.18 Å². The maximum Gasteiger partial charge on any atom is 0.419 e. The molecule has 0 aromatic carbocycles. The van der Waals surface area contributed by atoms with Crippen molar-refractivity contribution in [3.63, 3.8) is 0 Å². The van der Waals surface area contributed by atoms with Crippen LogP contribution in [0.4, 0.5) is 13.2 Å². The number of fused-ring (bicyclic) bond motifs is 1. The summed E-state index contributed by atoms with van der Waals surface area (Å²) >= 11 is 6.35. The zero-order chi connectivity index (χ0) is 23.5. The molecule has 2 unspecified atom stereocenters. The fourth-order valence-electron chi connectivity index (χ4n) is 4.94. The van der Waals surface area contributed by atoms with Crippen LogP contribution in [0.1, 0.15) is 66.1 Å². The van der Waals surface area contributed by atoms with E-state index in [1.54, 1.807) is 4.90 Å². The van der Waals surface area contributed by atoms with Crippen LogP contribution < -0.4 is 0 Å². The van der Waals surface area contributed by atoms with Crippen molar-refractivity contribution in [2.75, 3.05) is 19.6 Å². The normalized spacial score (nSPS) is 24.6. The van der Waals surface area contributed by atoms with E-state index in [-0.39, 0.29) is 48.3 Å². The first kappa shape index (κ1) is 22.5. The number of aliphatic hydroxyl groups is 1. The minimum Gasteiger partial charge on any atom is -0.391 e. The second kappa shape index (κ2) is 8.16. The number of carbonyl (C=O) groups excluding carboxylic acids is 2. The van der Waals surface area contributed by atoms with Gasteiger partial charge in [-0.25, -0.2) is 4.98 Å². The molecule has 178 valence electrons. The number of aliphatic hydroxyl groups excluding tert-OH is 1. The van der Waals surface area contributed by atoms with Crippen LogP contribution in [0, 0.1) is 0 Å². The maximum absolute atomic E-state index is 13.7. The van der Waals surface area contributed by atoms with E-state index in [2.05, 4.69) is 4.98 Å². The Balaban J connectivity index is 1.42. The van der Waals surface area contributed by atoms with Gasteiger partial charge in [-0.3, -0.25) is 14.0 Å². The maximum atomic E-state index is 13.7. The van der Waals surface area contributed by atoms with Gasteiger partial charge in [0.1, 0.15) is 11.7 Å². The van der Waals surface area contributed by atoms with Crippen LogP contribution in [0.25, 0.3) is 5.65 Å². The Morgan fingerprint density at radius 3 is 2.52 bits per heavy atom. The van der Waals surface area contributed by atoms with Crippen LogP contribution in [-0.2, 0) is 11.0 Å². The van der Waals surface area contributed by atoms with Crippen molar-refractivity contribution >= 4 is 29.1 Å². The van der Waals surface area contributed by atoms with E-state index in [0.717, 1.165) is 36.2 Å². The molecular formula is C22H24ClF3N4O3. The average molecular weight is 485 g/mol. The minimum atomic E-state index is -4.65. The largest absolute Gasteiger partial charge is 0.419 e. The third-order valence-electron chi connectivity index (χ3n) is 6.88. The second-order valence-electron chi connectivity index (χ2n) is 9.14. The number of aromatic nitrogens is 2. The molecule has 2 aromatic rings. The van der Waals surface area contributed by atoms with Gasteiger partial charge < -0.3 is 14.9 Å². The van der Waals surface area contributed by atoms with Gasteiger partial charge in [-0.1, -0.05) is 24.4 Å². The molecule has 0 radical (unpaired) electrons. The van der Waals surface area contributed by atoms with Crippen molar-refractivity contribution < 1.29 is 27.9 Å². The Morgan fingerprint density at radius 1 is 1.15 bits per heavy atom. The highest BCUT2D eigenvalue weighted by Gasteiger charge is 2.40. The Kier molecular flexibility index (Phi) is 5.55. The standard InChI is InChI=1S/C22H24ClF3N4O3/c23-19-18(27-20-14(22(24,25)26)9-13(10-30(19)20)12-5-6-12)21(33)28-7-8-29(17(32)11-28)15-3-1-2-4-16(15)31/h9-10,12,15-16,31H,1-8,11H2. The molecule has 3 fully saturated rings. The molecule has 1 saturated heterocycles. The van der Waals surface area contributed by atoms with E-state index in [4.69, 9.17) is 11.6 Å². The first-order valence-electron chi connectivity index (χ1n) is 11.2. The van der Waals surface area contributed by atoms with E-state index in [0.29, 0.717) is 18.4 Å². The smallest absolute Gasteiger partial charge is 0.391 e. The Hall–Kier alpha value is -2.33. The number of hydrogen-bond acceptors (Lipinski definition) is 4. The highest BCUT2D eigenvalue weighted by atomic mass is 35.5. The number of carbonyl (C=O) groups is 2. The van der Waals surface area contributed by atoms with Crippen LogP contribution >= 0.6 is 11.6 Å². The van der Waals surface area contributed by atoms with Crippen LogP contribution in [0.3, 0.4) is 0 Å². The van der Waals surface area contributed by atoms with Crippen molar-refractivity contribution in [1.82, 2.24) is 19.2 Å². The third kappa shape index (κ3) is 4.07. The summed E-state index contributed by atoms with van der Waals surface area (Å²) in [5, 5.41) is 10.1. The number of hydrogen-bond donors (Lipinski definition) is 1. The molecule has 2 aromatic heterocycles. The van der Waals surface area contributed by atoms with E-state index < -0.39 is 29.4 Å². The van der Waals surface area contributed by atoms with Gasteiger partial charge in [-0.2, -0.15) is 13.2 Å². The van der Waals surface area contributed by atoms with Crippen molar-refractivity contribution in [3.8, 4) is 0 Å². The Labute approximate surface area is 193 Å². The Morgan fingerprint density at radius 2 is 1.88 bits per heavy atom. The number of amides is 2. The molecule has 0 bridgehead atoms. The fourth-order valence-corrected chi connectivity index (χ4v) is 5.19. The predicted octanol–water partition coefficient (Wildman–Crippen LogP) is 3.47. The summed E-state index contributed by atoms with van der Waals surface area (Å²) in [4.78, 5) is 32.8. The predicted molar refractivity (Wildman–Crippen MR) is 113 cm³/mol. The van der Waals surface area contributed by atoms with Gasteiger partial charge in [0.2, 0.25) is 5.91 Å². The lowest BCUT2D eigenvalue weighted by Crippen LogP contribution is -2.58. The average Bonchev–Trinajstić information content (AvgIpc) is 3.57. The van der Waals surface area contributed by atoms with Gasteiger partial charge in [0.15, 0.2) is 11.3 Å². The molecule has 33 heavy (non-hydrogen) atoms. The lowest BCUT2D eigenvalue weighted by Gasteiger charge is -2.42. The molecule has 7 nitrogen and oxygen atoms in total. The quantitative estimate of drug-likeness (QED) is 0.723. The lowest BCUT2D eigenvalue weighted by atomic mass is 9.91. The molecule has 11 heteroatoms. The highest BCUT2D eigenvalue weighted by Crippen LogP contribution is 2.43. The summed E-state index contributed by atoms with van der Waals surface area (Å²) in [6.07, 6.45) is 1.09. The monoisotopic (exact) mass is 484 g/mol. The van der Waals surface area contributed by atoms with Gasteiger partial charge in [-0.05, 0) is 43.2 Å². The van der Waals surface area contributed by atoms with E-state index in [9.17, 15) is 27.9 Å². The summed E-state index contributed by atoms with van der Waals surface area (Å²) in [7, 11) is 0. The van der Waals surface area contributed by atoms with Gasteiger partial charge in [0.05, 0.1) is 17.7 Å². The van der Waals surface area contributed by atoms with E-state index in [1.165, 1.54) is 11.1 Å². The summed E-state index contributed by atoms with van der Waals surface area (Å²) in [6, 6.07) is 0.819. The van der Waals surface area contributed by atoms with E-state index >= 15 is 0 Å². The Bertz CT molecular complexity index is 1110. The number of nitrogens with zero attached hydrogens (tertiary/aromatic N) is 4. The van der Waals surface area contributed by atoms with Gasteiger partial charge in [0, 0.05) is 19.3 Å². The molecular weight excluding hydrogens is 461 g/mol. The van der Waals surface area contributed by atoms with Crippen LogP contribution in [0.15, 0.2) is 12.3 Å². The molecule has 5 rings (SSSR count). The van der Waals surface area contributed by atoms with Crippen LogP contribution in [-0.4, -0.2) is 67.9 Å². The molecule has 1 N–H and O–H groups in total. The summed E-state index contributed by atoms with van der Waals surface area (Å²) in [6.45, 7) is 0.208. The molecule has 1 aliphatic heterocycles. The number of halogens is 4. The van der Waals surface area contributed by atoms with Crippen molar-refractivity contribution in [2.24, 2.45) is 0 Å². The zero-order valence-electron chi connectivity index (χ0n) is 17.8. The molecule has 2 saturated carbocycles. The first-order valence-corrected chi connectivity index (χ1v) is 11.6. The fraction of sp³-hybridized carbons (Fsp3) is 0.591. The number of rotatable bonds is 3. The molecule has 2 aliphatic carbocycles. The third-order valence-corrected chi connectivity index (χ3v) is 7.24. The SMILES string of the molecule is O=C(c1nc2c(C(F)(F)F)cc(C3CC3)cn2c1Cl)N1CCN(C2CCCCC2O)C(=O)C1. The van der Waals surface area contributed by atoms with Gasteiger partial charge in [-0.15, -0.1) is 0 Å². The van der Waals surface area contributed by atoms with E-state index in [1.807, 2.05) is 0 Å². The zero-order valence-corrected chi connectivity index (χ0v) is 18.6. The molecule has 2 atom stereocenters. The van der Waals surface area contributed by atoms with Gasteiger partial charge in [0.25, 0.3) is 5.91 Å². The van der Waals surface area contributed by atoms with Crippen molar-refractivity contribution in [2.45, 2.75) is 62.8 Å². The first-order chi connectivity index (χ1) is 15.6. The number of piperazine rings is 1. The van der Waals surface area contributed by atoms with Crippen LogP contribution in [0.5, 0.6) is 0 Å². The summed E-state index contributed by atoms with van der Waals surface area (Å²) in [5.41, 5.74) is -1.13. The highest BCUT2D eigenvalue weighted by molar-refractivity contribution is 6.33. The number of pyridine rings is 1. The van der Waals surface area contributed by atoms with Crippen molar-refractivity contribution in [1.29, 1.82) is 0 Å². The topological polar surface area (TPSA) is 78.2 Å².